The van der Waals surface area contributed by atoms with Crippen LogP contribution in [0.2, 0.25) is 0 Å². The first-order valence-electron chi connectivity index (χ1n) is 14.3. The molecule has 3 aromatic carbocycles. The Hall–Kier alpha value is -3.76. The van der Waals surface area contributed by atoms with Crippen molar-refractivity contribution in [2.45, 2.75) is 56.1 Å². The van der Waals surface area contributed by atoms with E-state index in [-0.39, 0.29) is 54.3 Å². The van der Waals surface area contributed by atoms with Crippen LogP contribution in [0, 0.1) is 12.7 Å². The Balaban J connectivity index is 1.29. The highest BCUT2D eigenvalue weighted by Crippen LogP contribution is 2.32. The van der Waals surface area contributed by atoms with E-state index in [2.05, 4.69) is 0 Å². The van der Waals surface area contributed by atoms with E-state index in [1.807, 2.05) is 25.1 Å². The van der Waals surface area contributed by atoms with Gasteiger partial charge in [-0.15, -0.1) is 0 Å². The predicted molar refractivity (Wildman–Crippen MR) is 157 cm³/mol. The molecule has 5 rings (SSSR count). The number of carbonyl (C=O) groups excluding carboxylic acids is 2. The van der Waals surface area contributed by atoms with Gasteiger partial charge < -0.3 is 14.5 Å². The zero-order valence-electron chi connectivity index (χ0n) is 23.7. The molecular weight excluding hydrogens is 557 g/mol. The third-order valence-electron chi connectivity index (χ3n) is 7.82. The van der Waals surface area contributed by atoms with Gasteiger partial charge in [0.2, 0.25) is 15.9 Å². The summed E-state index contributed by atoms with van der Waals surface area (Å²) in [5.74, 6) is -0.181. The van der Waals surface area contributed by atoms with Gasteiger partial charge in [-0.1, -0.05) is 48.0 Å². The van der Waals surface area contributed by atoms with Crippen molar-refractivity contribution in [3.63, 3.8) is 0 Å². The molecule has 10 heteroatoms. The number of rotatable bonds is 11. The van der Waals surface area contributed by atoms with Crippen LogP contribution in [0.25, 0.3) is 0 Å². The SMILES string of the molecule is Cc1ccc(S(=O)(=O)N(CC(=O)N(Cc2ccc(F)cc2)C2CCN(C(=O)COc3ccccc3)CC2)C2CC2)cc1. The normalized spacial score (nSPS) is 15.9. The maximum atomic E-state index is 13.9. The summed E-state index contributed by atoms with van der Waals surface area (Å²) in [4.78, 5) is 30.3. The lowest BCUT2D eigenvalue weighted by molar-refractivity contribution is -0.138. The molecule has 1 saturated heterocycles. The minimum Gasteiger partial charge on any atom is -0.484 e. The van der Waals surface area contributed by atoms with E-state index in [1.165, 1.54) is 16.4 Å². The van der Waals surface area contributed by atoms with Gasteiger partial charge in [0.1, 0.15) is 11.6 Å². The molecule has 42 heavy (non-hydrogen) atoms. The van der Waals surface area contributed by atoms with E-state index in [0.29, 0.717) is 44.5 Å². The number of likely N-dealkylation sites (tertiary alicyclic amines) is 1. The summed E-state index contributed by atoms with van der Waals surface area (Å²) in [6.07, 6.45) is 2.50. The highest BCUT2D eigenvalue weighted by atomic mass is 32.2. The zero-order chi connectivity index (χ0) is 29.7. The number of ether oxygens (including phenoxy) is 1. The van der Waals surface area contributed by atoms with E-state index in [4.69, 9.17) is 4.74 Å². The van der Waals surface area contributed by atoms with Crippen LogP contribution in [-0.2, 0) is 26.2 Å². The topological polar surface area (TPSA) is 87.2 Å². The molecular formula is C32H36FN3O5S. The summed E-state index contributed by atoms with van der Waals surface area (Å²) in [5.41, 5.74) is 1.70. The minimum absolute atomic E-state index is 0.0693. The number of hydrogen-bond donors (Lipinski definition) is 0. The Bertz CT molecular complexity index is 1470. The third kappa shape index (κ3) is 7.35. The fraction of sp³-hybridized carbons (Fsp3) is 0.375. The lowest BCUT2D eigenvalue weighted by Gasteiger charge is -2.39. The van der Waals surface area contributed by atoms with Crippen molar-refractivity contribution in [3.8, 4) is 5.75 Å². The molecule has 0 bridgehead atoms. The van der Waals surface area contributed by atoms with Crippen LogP contribution < -0.4 is 4.74 Å². The number of amides is 2. The molecule has 0 atom stereocenters. The standard InChI is InChI=1S/C32H36FN3O5S/c1-24-7-15-30(16-8-24)42(39,40)36(28-13-14-28)22-31(37)35(21-25-9-11-26(33)12-10-25)27-17-19-34(20-18-27)32(38)23-41-29-5-3-2-4-6-29/h2-12,15-16,27-28H,13-14,17-23H2,1H3. The fourth-order valence-electron chi connectivity index (χ4n) is 5.23. The minimum atomic E-state index is -3.87. The van der Waals surface area contributed by atoms with E-state index in [9.17, 15) is 22.4 Å². The van der Waals surface area contributed by atoms with Crippen LogP contribution in [-0.4, -0.2) is 72.7 Å². The summed E-state index contributed by atoms with van der Waals surface area (Å²) in [5, 5.41) is 0. The molecule has 0 spiro atoms. The molecule has 1 heterocycles. The summed E-state index contributed by atoms with van der Waals surface area (Å²) in [7, 11) is -3.87. The Labute approximate surface area is 246 Å². The molecule has 2 amide bonds. The second kappa shape index (κ2) is 13.0. The number of hydrogen-bond acceptors (Lipinski definition) is 5. The third-order valence-corrected chi connectivity index (χ3v) is 9.74. The Morgan fingerprint density at radius 3 is 2.14 bits per heavy atom. The number of benzene rings is 3. The number of carbonyl (C=O) groups is 2. The molecule has 8 nitrogen and oxygen atoms in total. The molecule has 0 radical (unpaired) electrons. The van der Waals surface area contributed by atoms with Crippen LogP contribution >= 0.6 is 0 Å². The lowest BCUT2D eigenvalue weighted by atomic mass is 10.0. The van der Waals surface area contributed by atoms with Crippen LogP contribution in [0.5, 0.6) is 5.75 Å². The van der Waals surface area contributed by atoms with Crippen LogP contribution in [0.15, 0.2) is 83.8 Å². The highest BCUT2D eigenvalue weighted by molar-refractivity contribution is 7.89. The van der Waals surface area contributed by atoms with Crippen molar-refractivity contribution in [1.29, 1.82) is 0 Å². The second-order valence-electron chi connectivity index (χ2n) is 11.0. The molecule has 0 unspecified atom stereocenters. The number of halogens is 1. The van der Waals surface area contributed by atoms with Gasteiger partial charge in [-0.25, -0.2) is 12.8 Å². The predicted octanol–water partition coefficient (Wildman–Crippen LogP) is 4.39. The first kappa shape index (κ1) is 29.7. The summed E-state index contributed by atoms with van der Waals surface area (Å²) >= 11 is 0. The van der Waals surface area contributed by atoms with E-state index in [0.717, 1.165) is 11.1 Å². The van der Waals surface area contributed by atoms with Gasteiger partial charge in [-0.05, 0) is 74.6 Å². The molecule has 3 aromatic rings. The van der Waals surface area contributed by atoms with Crippen molar-refractivity contribution in [1.82, 2.24) is 14.1 Å². The van der Waals surface area contributed by atoms with E-state index in [1.54, 1.807) is 58.3 Å². The highest BCUT2D eigenvalue weighted by Gasteiger charge is 2.41. The van der Waals surface area contributed by atoms with Crippen molar-refractivity contribution >= 4 is 21.8 Å². The maximum absolute atomic E-state index is 13.9. The number of para-hydroxylation sites is 1. The molecule has 1 aliphatic carbocycles. The summed E-state index contributed by atoms with van der Waals surface area (Å²) in [6.45, 7) is 2.66. The maximum Gasteiger partial charge on any atom is 0.260 e. The van der Waals surface area contributed by atoms with Gasteiger partial charge in [-0.3, -0.25) is 9.59 Å². The Kier molecular flexibility index (Phi) is 9.23. The van der Waals surface area contributed by atoms with Gasteiger partial charge in [0.25, 0.3) is 5.91 Å². The van der Waals surface area contributed by atoms with Crippen molar-refractivity contribution in [2.75, 3.05) is 26.2 Å². The fourth-order valence-corrected chi connectivity index (χ4v) is 6.86. The molecule has 0 N–H and O–H groups in total. The van der Waals surface area contributed by atoms with Crippen molar-refractivity contribution in [3.05, 3.63) is 95.8 Å². The molecule has 1 saturated carbocycles. The Morgan fingerprint density at radius 2 is 1.52 bits per heavy atom. The average molecular weight is 594 g/mol. The molecule has 222 valence electrons. The van der Waals surface area contributed by atoms with Gasteiger partial charge in [0, 0.05) is 31.7 Å². The number of aryl methyl sites for hydroxylation is 1. The van der Waals surface area contributed by atoms with Gasteiger partial charge >= 0.3 is 0 Å². The molecule has 0 aromatic heterocycles. The number of sulfonamides is 1. The van der Waals surface area contributed by atoms with E-state index >= 15 is 0 Å². The molecule has 2 aliphatic rings. The van der Waals surface area contributed by atoms with Gasteiger partial charge in [-0.2, -0.15) is 4.31 Å². The van der Waals surface area contributed by atoms with Crippen LogP contribution in [0.3, 0.4) is 0 Å². The number of nitrogens with zero attached hydrogens (tertiary/aromatic N) is 3. The quantitative estimate of drug-likeness (QED) is 0.329. The molecule has 1 aliphatic heterocycles. The summed E-state index contributed by atoms with van der Waals surface area (Å²) in [6, 6.07) is 21.4. The zero-order valence-corrected chi connectivity index (χ0v) is 24.5. The van der Waals surface area contributed by atoms with Gasteiger partial charge in [0.15, 0.2) is 6.61 Å². The monoisotopic (exact) mass is 593 g/mol. The first-order valence-corrected chi connectivity index (χ1v) is 15.7. The summed E-state index contributed by atoms with van der Waals surface area (Å²) < 4.78 is 47.8. The van der Waals surface area contributed by atoms with Crippen LogP contribution in [0.1, 0.15) is 36.8 Å². The second-order valence-corrected chi connectivity index (χ2v) is 12.8. The van der Waals surface area contributed by atoms with E-state index < -0.39 is 10.0 Å². The smallest absolute Gasteiger partial charge is 0.260 e. The van der Waals surface area contributed by atoms with Crippen LogP contribution in [0.4, 0.5) is 4.39 Å². The first-order chi connectivity index (χ1) is 20.2. The Morgan fingerprint density at radius 1 is 0.881 bits per heavy atom. The molecule has 2 fully saturated rings. The van der Waals surface area contributed by atoms with Crippen molar-refractivity contribution in [2.24, 2.45) is 0 Å². The average Bonchev–Trinajstić information content (AvgIpc) is 3.84. The van der Waals surface area contributed by atoms with Gasteiger partial charge in [0.05, 0.1) is 11.4 Å². The lowest BCUT2D eigenvalue weighted by Crippen LogP contribution is -2.52. The largest absolute Gasteiger partial charge is 0.484 e. The van der Waals surface area contributed by atoms with Crippen molar-refractivity contribution < 1.29 is 27.1 Å². The number of piperidine rings is 1.